The average molecular weight is 247 g/mol. The summed E-state index contributed by atoms with van der Waals surface area (Å²) in [6.45, 7) is 6.55. The second-order valence-electron chi connectivity index (χ2n) is 6.32. The van der Waals surface area contributed by atoms with Crippen molar-refractivity contribution in [2.75, 3.05) is 0 Å². The molecule has 98 valence electrons. The first kappa shape index (κ1) is 12.9. The van der Waals surface area contributed by atoms with Crippen LogP contribution in [0.15, 0.2) is 18.2 Å². The lowest BCUT2D eigenvalue weighted by molar-refractivity contribution is 0.0929. The number of phenolic OH excluding ortho intramolecular Hbond substituents is 1. The van der Waals surface area contributed by atoms with E-state index in [9.17, 15) is 9.90 Å². The Morgan fingerprint density at radius 1 is 1.39 bits per heavy atom. The van der Waals surface area contributed by atoms with Crippen LogP contribution in [0.1, 0.15) is 49.5 Å². The van der Waals surface area contributed by atoms with Crippen LogP contribution < -0.4 is 5.32 Å². The van der Waals surface area contributed by atoms with E-state index in [-0.39, 0.29) is 23.1 Å². The van der Waals surface area contributed by atoms with Crippen molar-refractivity contribution in [3.8, 4) is 5.75 Å². The van der Waals surface area contributed by atoms with Crippen molar-refractivity contribution < 1.29 is 9.90 Å². The molecule has 0 radical (unpaired) electrons. The van der Waals surface area contributed by atoms with Gasteiger partial charge in [0.15, 0.2) is 0 Å². The van der Waals surface area contributed by atoms with Crippen molar-refractivity contribution in [3.05, 3.63) is 29.3 Å². The van der Waals surface area contributed by atoms with E-state index in [1.165, 1.54) is 0 Å². The van der Waals surface area contributed by atoms with Crippen molar-refractivity contribution in [2.45, 2.75) is 46.1 Å². The first-order valence-corrected chi connectivity index (χ1v) is 6.48. The Balaban J connectivity index is 2.19. The molecule has 1 unspecified atom stereocenters. The van der Waals surface area contributed by atoms with E-state index in [1.54, 1.807) is 12.1 Å². The maximum absolute atomic E-state index is 12.1. The monoisotopic (exact) mass is 247 g/mol. The van der Waals surface area contributed by atoms with Gasteiger partial charge < -0.3 is 10.4 Å². The highest BCUT2D eigenvalue weighted by molar-refractivity contribution is 5.96. The third-order valence-electron chi connectivity index (χ3n) is 3.29. The standard InChI is InChI=1S/C15H21NO2/c1-15(2,3)9-11-6-4-10-5-7-12(17)8-13(10)14(18)16-11/h5,7-8,11,17H,4,6,9H2,1-3H3,(H,16,18). The van der Waals surface area contributed by atoms with E-state index < -0.39 is 0 Å². The summed E-state index contributed by atoms with van der Waals surface area (Å²) in [5.41, 5.74) is 1.85. The number of carbonyl (C=O) groups excluding carboxylic acids is 1. The highest BCUT2D eigenvalue weighted by Crippen LogP contribution is 2.27. The van der Waals surface area contributed by atoms with Crippen LogP contribution >= 0.6 is 0 Å². The number of fused-ring (bicyclic) bond motifs is 1. The number of aromatic hydroxyl groups is 1. The molecule has 1 aromatic carbocycles. The lowest BCUT2D eigenvalue weighted by atomic mass is 9.86. The lowest BCUT2D eigenvalue weighted by Gasteiger charge is -2.25. The summed E-state index contributed by atoms with van der Waals surface area (Å²) in [4.78, 5) is 12.1. The largest absolute Gasteiger partial charge is 0.508 e. The molecule has 1 aliphatic rings. The predicted octanol–water partition coefficient (Wildman–Crippen LogP) is 2.87. The third-order valence-corrected chi connectivity index (χ3v) is 3.29. The molecule has 0 saturated carbocycles. The topological polar surface area (TPSA) is 49.3 Å². The number of hydrogen-bond acceptors (Lipinski definition) is 2. The number of carbonyl (C=O) groups is 1. The number of benzene rings is 1. The van der Waals surface area contributed by atoms with Crippen LogP contribution in [0.4, 0.5) is 0 Å². The molecule has 0 aliphatic carbocycles. The van der Waals surface area contributed by atoms with E-state index in [4.69, 9.17) is 0 Å². The molecule has 0 spiro atoms. The van der Waals surface area contributed by atoms with Crippen LogP contribution in [0.3, 0.4) is 0 Å². The molecule has 3 heteroatoms. The van der Waals surface area contributed by atoms with E-state index >= 15 is 0 Å². The number of hydrogen-bond donors (Lipinski definition) is 2. The van der Waals surface area contributed by atoms with Gasteiger partial charge in [0.05, 0.1) is 0 Å². The van der Waals surface area contributed by atoms with Crippen molar-refractivity contribution in [1.82, 2.24) is 5.32 Å². The summed E-state index contributed by atoms with van der Waals surface area (Å²) in [6, 6.07) is 5.27. The van der Waals surface area contributed by atoms with Crippen LogP contribution in [0.5, 0.6) is 5.75 Å². The first-order chi connectivity index (χ1) is 8.35. The summed E-state index contributed by atoms with van der Waals surface area (Å²) >= 11 is 0. The summed E-state index contributed by atoms with van der Waals surface area (Å²) < 4.78 is 0. The summed E-state index contributed by atoms with van der Waals surface area (Å²) in [7, 11) is 0. The smallest absolute Gasteiger partial charge is 0.251 e. The number of aryl methyl sites for hydroxylation is 1. The van der Waals surface area contributed by atoms with Crippen molar-refractivity contribution >= 4 is 5.91 Å². The van der Waals surface area contributed by atoms with Crippen LogP contribution in [0.25, 0.3) is 0 Å². The van der Waals surface area contributed by atoms with Gasteiger partial charge in [-0.3, -0.25) is 4.79 Å². The Bertz CT molecular complexity index is 460. The maximum Gasteiger partial charge on any atom is 0.251 e. The SMILES string of the molecule is CC(C)(C)CC1CCc2ccc(O)cc2C(=O)N1. The minimum Gasteiger partial charge on any atom is -0.508 e. The molecule has 1 aromatic rings. The Morgan fingerprint density at radius 2 is 2.11 bits per heavy atom. The molecule has 2 rings (SSSR count). The van der Waals surface area contributed by atoms with Gasteiger partial charge in [-0.1, -0.05) is 26.8 Å². The van der Waals surface area contributed by atoms with Crippen LogP contribution in [0, 0.1) is 5.41 Å². The normalized spacial score (nSPS) is 19.9. The Labute approximate surface area is 108 Å². The second-order valence-corrected chi connectivity index (χ2v) is 6.32. The molecule has 0 bridgehead atoms. The summed E-state index contributed by atoms with van der Waals surface area (Å²) in [6.07, 6.45) is 2.81. The lowest BCUT2D eigenvalue weighted by Crippen LogP contribution is -2.36. The minimum absolute atomic E-state index is 0.0624. The van der Waals surface area contributed by atoms with Gasteiger partial charge in [0, 0.05) is 11.6 Å². The Morgan fingerprint density at radius 3 is 2.78 bits per heavy atom. The molecular weight excluding hydrogens is 226 g/mol. The molecule has 0 saturated heterocycles. The average Bonchev–Trinajstić information content (AvgIpc) is 2.37. The molecule has 1 heterocycles. The van der Waals surface area contributed by atoms with Crippen molar-refractivity contribution in [3.63, 3.8) is 0 Å². The van der Waals surface area contributed by atoms with Gasteiger partial charge >= 0.3 is 0 Å². The van der Waals surface area contributed by atoms with Crippen molar-refractivity contribution in [1.29, 1.82) is 0 Å². The molecule has 3 nitrogen and oxygen atoms in total. The molecule has 1 amide bonds. The maximum atomic E-state index is 12.1. The van der Waals surface area contributed by atoms with Crippen LogP contribution in [-0.4, -0.2) is 17.1 Å². The minimum atomic E-state index is -0.0624. The van der Waals surface area contributed by atoms with Crippen LogP contribution in [0.2, 0.25) is 0 Å². The summed E-state index contributed by atoms with van der Waals surface area (Å²) in [5.74, 6) is 0.0887. The molecular formula is C15H21NO2. The van der Waals surface area contributed by atoms with Gasteiger partial charge in [-0.15, -0.1) is 0 Å². The van der Waals surface area contributed by atoms with Crippen LogP contribution in [-0.2, 0) is 6.42 Å². The quantitative estimate of drug-likeness (QED) is 0.801. The summed E-state index contributed by atoms with van der Waals surface area (Å²) in [5, 5.41) is 12.5. The van der Waals surface area contributed by atoms with Crippen molar-refractivity contribution in [2.24, 2.45) is 5.41 Å². The molecule has 2 N–H and O–H groups in total. The number of nitrogens with one attached hydrogen (secondary N) is 1. The Hall–Kier alpha value is -1.51. The molecule has 18 heavy (non-hydrogen) atoms. The fraction of sp³-hybridized carbons (Fsp3) is 0.533. The van der Waals surface area contributed by atoms with Gasteiger partial charge in [-0.25, -0.2) is 0 Å². The third kappa shape index (κ3) is 3.03. The van der Waals surface area contributed by atoms with Gasteiger partial charge in [-0.05, 0) is 42.4 Å². The van der Waals surface area contributed by atoms with Gasteiger partial charge in [0.1, 0.15) is 5.75 Å². The number of amides is 1. The second kappa shape index (κ2) is 4.63. The highest BCUT2D eigenvalue weighted by Gasteiger charge is 2.25. The van der Waals surface area contributed by atoms with E-state index in [2.05, 4.69) is 26.1 Å². The highest BCUT2D eigenvalue weighted by atomic mass is 16.3. The zero-order valence-corrected chi connectivity index (χ0v) is 11.3. The molecule has 0 fully saturated rings. The number of rotatable bonds is 1. The van der Waals surface area contributed by atoms with E-state index in [0.717, 1.165) is 24.8 Å². The Kier molecular flexibility index (Phi) is 3.33. The zero-order chi connectivity index (χ0) is 13.3. The van der Waals surface area contributed by atoms with Gasteiger partial charge in [0.25, 0.3) is 5.91 Å². The number of phenols is 1. The fourth-order valence-corrected chi connectivity index (χ4v) is 2.55. The predicted molar refractivity (Wildman–Crippen MR) is 71.8 cm³/mol. The zero-order valence-electron chi connectivity index (χ0n) is 11.3. The molecule has 1 aliphatic heterocycles. The van der Waals surface area contributed by atoms with E-state index in [0.29, 0.717) is 5.56 Å². The molecule has 1 atom stereocenters. The van der Waals surface area contributed by atoms with Gasteiger partial charge in [0.2, 0.25) is 0 Å². The molecule has 0 aromatic heterocycles. The van der Waals surface area contributed by atoms with Gasteiger partial charge in [-0.2, -0.15) is 0 Å². The first-order valence-electron chi connectivity index (χ1n) is 6.48. The van der Waals surface area contributed by atoms with E-state index in [1.807, 2.05) is 6.07 Å². The fourth-order valence-electron chi connectivity index (χ4n) is 2.55.